The molecule has 2 N–H and O–H groups in total. The second-order valence-electron chi connectivity index (χ2n) is 6.34. The molecule has 0 aliphatic heterocycles. The number of hydrogen-bond donors (Lipinski definition) is 2. The molecule has 0 saturated carbocycles. The number of carbonyl (C=O) groups excluding carboxylic acids is 2. The predicted molar refractivity (Wildman–Crippen MR) is 117 cm³/mol. The summed E-state index contributed by atoms with van der Waals surface area (Å²) in [5.41, 5.74) is 1.63. The molecular formula is C22H19Cl2N3O3. The summed E-state index contributed by atoms with van der Waals surface area (Å²) in [5, 5.41) is 6.15. The lowest BCUT2D eigenvalue weighted by Gasteiger charge is -2.10. The van der Waals surface area contributed by atoms with Gasteiger partial charge in [0, 0.05) is 30.9 Å². The number of pyridine rings is 1. The zero-order valence-electron chi connectivity index (χ0n) is 16.1. The van der Waals surface area contributed by atoms with Gasteiger partial charge >= 0.3 is 0 Å². The first-order valence-corrected chi connectivity index (χ1v) is 9.90. The molecule has 0 radical (unpaired) electrons. The highest BCUT2D eigenvalue weighted by Crippen LogP contribution is 2.23. The Morgan fingerprint density at radius 2 is 1.80 bits per heavy atom. The van der Waals surface area contributed by atoms with E-state index in [-0.39, 0.29) is 17.5 Å². The van der Waals surface area contributed by atoms with E-state index in [2.05, 4.69) is 15.6 Å². The third-order valence-corrected chi connectivity index (χ3v) is 4.75. The van der Waals surface area contributed by atoms with E-state index in [1.807, 2.05) is 24.3 Å². The van der Waals surface area contributed by atoms with Gasteiger partial charge in [0.2, 0.25) is 0 Å². The lowest BCUT2D eigenvalue weighted by molar-refractivity contribution is 0.0947. The van der Waals surface area contributed by atoms with Gasteiger partial charge in [0.15, 0.2) is 0 Å². The van der Waals surface area contributed by atoms with Crippen molar-refractivity contribution in [3.8, 4) is 11.5 Å². The maximum atomic E-state index is 12.3. The molecule has 2 aromatic carbocycles. The minimum atomic E-state index is -0.286. The molecule has 3 aromatic rings. The summed E-state index contributed by atoms with van der Waals surface area (Å²) in [6.07, 6.45) is 2.12. The molecule has 3 rings (SSSR count). The lowest BCUT2D eigenvalue weighted by Crippen LogP contribution is -2.25. The number of aromatic nitrogens is 1. The Morgan fingerprint density at radius 3 is 2.57 bits per heavy atom. The van der Waals surface area contributed by atoms with Crippen LogP contribution in [0.25, 0.3) is 0 Å². The van der Waals surface area contributed by atoms with Crippen LogP contribution in [0.1, 0.15) is 26.4 Å². The van der Waals surface area contributed by atoms with Crippen LogP contribution < -0.4 is 15.4 Å². The Balaban J connectivity index is 1.59. The van der Waals surface area contributed by atoms with E-state index >= 15 is 0 Å². The van der Waals surface area contributed by atoms with Crippen molar-refractivity contribution in [2.75, 3.05) is 13.6 Å². The highest BCUT2D eigenvalue weighted by atomic mass is 35.5. The molecule has 154 valence electrons. The topological polar surface area (TPSA) is 80.3 Å². The number of hydrogen-bond acceptors (Lipinski definition) is 4. The summed E-state index contributed by atoms with van der Waals surface area (Å²) >= 11 is 11.9. The SMILES string of the molecule is CNC(=O)c1cc(Oc2cccc(CCNC(=O)c3ccc(Cl)cc3Cl)c2)ccn1. The summed E-state index contributed by atoms with van der Waals surface area (Å²) in [7, 11) is 1.54. The maximum absolute atomic E-state index is 12.3. The number of nitrogens with zero attached hydrogens (tertiary/aromatic N) is 1. The molecule has 0 bridgehead atoms. The quantitative estimate of drug-likeness (QED) is 0.562. The van der Waals surface area contributed by atoms with Crippen LogP contribution >= 0.6 is 23.2 Å². The van der Waals surface area contributed by atoms with E-state index in [0.717, 1.165) is 5.56 Å². The fourth-order valence-corrected chi connectivity index (χ4v) is 3.21. The molecule has 1 aromatic heterocycles. The molecule has 0 aliphatic carbocycles. The van der Waals surface area contributed by atoms with Gasteiger partial charge in [-0.2, -0.15) is 0 Å². The van der Waals surface area contributed by atoms with Gasteiger partial charge in [0.05, 0.1) is 10.6 Å². The minimum absolute atomic E-state index is 0.261. The van der Waals surface area contributed by atoms with Gasteiger partial charge in [-0.3, -0.25) is 14.6 Å². The van der Waals surface area contributed by atoms with Crippen molar-refractivity contribution in [1.29, 1.82) is 0 Å². The first kappa shape index (κ1) is 21.6. The molecule has 0 fully saturated rings. The van der Waals surface area contributed by atoms with Crippen LogP contribution in [0.3, 0.4) is 0 Å². The largest absolute Gasteiger partial charge is 0.457 e. The van der Waals surface area contributed by atoms with Crippen molar-refractivity contribution in [3.05, 3.63) is 87.7 Å². The molecule has 0 spiro atoms. The molecule has 30 heavy (non-hydrogen) atoms. The summed E-state index contributed by atoms with van der Waals surface area (Å²) in [5.74, 6) is 0.577. The number of rotatable bonds is 7. The van der Waals surface area contributed by atoms with Gasteiger partial charge in [-0.25, -0.2) is 0 Å². The molecule has 2 amide bonds. The summed E-state index contributed by atoms with van der Waals surface area (Å²) in [4.78, 5) is 28.0. The van der Waals surface area contributed by atoms with E-state index in [4.69, 9.17) is 27.9 Å². The van der Waals surface area contributed by atoms with Crippen molar-refractivity contribution in [3.63, 3.8) is 0 Å². The molecule has 0 atom stereocenters. The minimum Gasteiger partial charge on any atom is -0.457 e. The molecule has 6 nitrogen and oxygen atoms in total. The molecule has 1 heterocycles. The molecule has 0 aliphatic rings. The molecule has 0 saturated heterocycles. The second kappa shape index (κ2) is 10.1. The summed E-state index contributed by atoms with van der Waals surface area (Å²) < 4.78 is 5.84. The van der Waals surface area contributed by atoms with E-state index in [0.29, 0.717) is 40.1 Å². The zero-order chi connectivity index (χ0) is 21.5. The average Bonchev–Trinajstić information content (AvgIpc) is 2.73. The van der Waals surface area contributed by atoms with Crippen molar-refractivity contribution in [2.24, 2.45) is 0 Å². The standard InChI is InChI=1S/C22H19Cl2N3O3/c1-25-22(29)20-13-17(8-10-26-20)30-16-4-2-3-14(11-16)7-9-27-21(28)18-6-5-15(23)12-19(18)24/h2-6,8,10-13H,7,9H2,1H3,(H,25,29)(H,27,28). The van der Waals surface area contributed by atoms with E-state index in [9.17, 15) is 9.59 Å². The third-order valence-electron chi connectivity index (χ3n) is 4.20. The smallest absolute Gasteiger partial charge is 0.269 e. The Bertz CT molecular complexity index is 1070. The average molecular weight is 444 g/mol. The van der Waals surface area contributed by atoms with Crippen LogP contribution in [-0.2, 0) is 6.42 Å². The van der Waals surface area contributed by atoms with Crippen LogP contribution in [0.4, 0.5) is 0 Å². The van der Waals surface area contributed by atoms with Crippen LogP contribution in [0.2, 0.25) is 10.0 Å². The Kier molecular flexibility index (Phi) is 7.27. The fourth-order valence-electron chi connectivity index (χ4n) is 2.72. The predicted octanol–water partition coefficient (Wildman–Crippen LogP) is 4.51. The number of halogens is 2. The van der Waals surface area contributed by atoms with Crippen LogP contribution in [0, 0.1) is 0 Å². The number of amides is 2. The second-order valence-corrected chi connectivity index (χ2v) is 7.18. The molecule has 0 unspecified atom stereocenters. The van der Waals surface area contributed by atoms with E-state index in [1.165, 1.54) is 12.3 Å². The highest BCUT2D eigenvalue weighted by molar-refractivity contribution is 6.36. The number of carbonyl (C=O) groups is 2. The zero-order valence-corrected chi connectivity index (χ0v) is 17.6. The Morgan fingerprint density at radius 1 is 1.00 bits per heavy atom. The van der Waals surface area contributed by atoms with Crippen molar-refractivity contribution >= 4 is 35.0 Å². The van der Waals surface area contributed by atoms with Crippen LogP contribution in [0.5, 0.6) is 11.5 Å². The van der Waals surface area contributed by atoms with Crippen molar-refractivity contribution in [1.82, 2.24) is 15.6 Å². The fraction of sp³-hybridized carbons (Fsp3) is 0.136. The Hall–Kier alpha value is -3.09. The third kappa shape index (κ3) is 5.72. The van der Waals surface area contributed by atoms with Gasteiger partial charge in [0.1, 0.15) is 17.2 Å². The van der Waals surface area contributed by atoms with Crippen molar-refractivity contribution in [2.45, 2.75) is 6.42 Å². The van der Waals surface area contributed by atoms with Crippen LogP contribution in [0.15, 0.2) is 60.8 Å². The number of nitrogens with one attached hydrogen (secondary N) is 2. The molecule has 8 heteroatoms. The van der Waals surface area contributed by atoms with Crippen LogP contribution in [-0.4, -0.2) is 30.4 Å². The summed E-state index contributed by atoms with van der Waals surface area (Å²) in [6, 6.07) is 15.5. The number of benzene rings is 2. The summed E-state index contributed by atoms with van der Waals surface area (Å²) in [6.45, 7) is 0.428. The molecular weight excluding hydrogens is 425 g/mol. The van der Waals surface area contributed by atoms with E-state index in [1.54, 1.807) is 31.3 Å². The van der Waals surface area contributed by atoms with Gasteiger partial charge < -0.3 is 15.4 Å². The van der Waals surface area contributed by atoms with E-state index < -0.39 is 0 Å². The maximum Gasteiger partial charge on any atom is 0.269 e. The first-order chi connectivity index (χ1) is 14.5. The number of ether oxygens (including phenoxy) is 1. The Labute approximate surface area is 184 Å². The first-order valence-electron chi connectivity index (χ1n) is 9.14. The monoisotopic (exact) mass is 443 g/mol. The van der Waals surface area contributed by atoms with Gasteiger partial charge in [0.25, 0.3) is 11.8 Å². The normalized spacial score (nSPS) is 10.4. The van der Waals surface area contributed by atoms with Gasteiger partial charge in [-0.1, -0.05) is 35.3 Å². The van der Waals surface area contributed by atoms with Crippen molar-refractivity contribution < 1.29 is 14.3 Å². The highest BCUT2D eigenvalue weighted by Gasteiger charge is 2.10. The van der Waals surface area contributed by atoms with Gasteiger partial charge in [-0.15, -0.1) is 0 Å². The lowest BCUT2D eigenvalue weighted by atomic mass is 10.1. The van der Waals surface area contributed by atoms with Gasteiger partial charge in [-0.05, 0) is 48.4 Å².